The van der Waals surface area contributed by atoms with E-state index in [0.29, 0.717) is 0 Å². The Bertz CT molecular complexity index is 212. The second-order valence-electron chi connectivity index (χ2n) is 3.41. The summed E-state index contributed by atoms with van der Waals surface area (Å²) >= 11 is 0. The molecule has 0 aromatic carbocycles. The van der Waals surface area contributed by atoms with Crippen LogP contribution < -0.4 is 5.32 Å². The zero-order valence-electron chi connectivity index (χ0n) is 7.25. The van der Waals surface area contributed by atoms with E-state index >= 15 is 0 Å². The van der Waals surface area contributed by atoms with Crippen molar-refractivity contribution >= 4 is 0 Å². The van der Waals surface area contributed by atoms with Gasteiger partial charge in [-0.05, 0) is 37.9 Å². The van der Waals surface area contributed by atoms with Crippen molar-refractivity contribution in [3.05, 3.63) is 24.2 Å². The van der Waals surface area contributed by atoms with Crippen molar-refractivity contribution in [1.29, 1.82) is 0 Å². The van der Waals surface area contributed by atoms with Gasteiger partial charge in [-0.3, -0.25) is 0 Å². The molecule has 1 fully saturated rings. The molecule has 1 aromatic heterocycles. The van der Waals surface area contributed by atoms with Crippen LogP contribution in [0.4, 0.5) is 0 Å². The molecule has 0 spiro atoms. The van der Waals surface area contributed by atoms with Crippen LogP contribution in [-0.2, 0) is 6.42 Å². The summed E-state index contributed by atoms with van der Waals surface area (Å²) in [4.78, 5) is 0. The third kappa shape index (κ3) is 1.89. The first-order chi connectivity index (χ1) is 5.95. The third-order valence-electron chi connectivity index (χ3n) is 2.48. The molecular formula is C10H15NO. The van der Waals surface area contributed by atoms with E-state index < -0.39 is 0 Å². The fraction of sp³-hybridized carbons (Fsp3) is 0.600. The molecule has 0 amide bonds. The first-order valence-corrected chi connectivity index (χ1v) is 4.71. The van der Waals surface area contributed by atoms with Gasteiger partial charge in [0.15, 0.2) is 0 Å². The third-order valence-corrected chi connectivity index (χ3v) is 2.48. The van der Waals surface area contributed by atoms with E-state index in [-0.39, 0.29) is 0 Å². The minimum absolute atomic E-state index is 0.732. The molecule has 1 aliphatic rings. The van der Waals surface area contributed by atoms with Crippen molar-refractivity contribution in [3.8, 4) is 0 Å². The first kappa shape index (κ1) is 7.87. The molecule has 12 heavy (non-hydrogen) atoms. The van der Waals surface area contributed by atoms with Gasteiger partial charge in [-0.1, -0.05) is 0 Å². The van der Waals surface area contributed by atoms with Crippen LogP contribution >= 0.6 is 0 Å². The van der Waals surface area contributed by atoms with Crippen molar-refractivity contribution in [1.82, 2.24) is 5.32 Å². The smallest absolute Gasteiger partial charge is 0.103 e. The van der Waals surface area contributed by atoms with Crippen LogP contribution in [-0.4, -0.2) is 12.6 Å². The van der Waals surface area contributed by atoms with Crippen LogP contribution in [0.25, 0.3) is 0 Å². The van der Waals surface area contributed by atoms with E-state index in [0.717, 1.165) is 18.2 Å². The predicted molar refractivity (Wildman–Crippen MR) is 48.1 cm³/mol. The molecule has 2 heterocycles. The number of aryl methyl sites for hydroxylation is 1. The molecule has 2 nitrogen and oxygen atoms in total. The SMILES string of the molecule is c1coc(CCC2CCCN2)c1. The van der Waals surface area contributed by atoms with E-state index in [2.05, 4.69) is 11.4 Å². The zero-order valence-corrected chi connectivity index (χ0v) is 7.25. The van der Waals surface area contributed by atoms with Gasteiger partial charge < -0.3 is 9.73 Å². The quantitative estimate of drug-likeness (QED) is 0.740. The minimum Gasteiger partial charge on any atom is -0.469 e. The van der Waals surface area contributed by atoms with Crippen LogP contribution in [0.1, 0.15) is 25.0 Å². The summed E-state index contributed by atoms with van der Waals surface area (Å²) in [6, 6.07) is 4.74. The van der Waals surface area contributed by atoms with Gasteiger partial charge in [0.1, 0.15) is 5.76 Å². The maximum absolute atomic E-state index is 5.27. The molecule has 0 bridgehead atoms. The van der Waals surface area contributed by atoms with E-state index in [1.54, 1.807) is 6.26 Å². The second kappa shape index (κ2) is 3.76. The van der Waals surface area contributed by atoms with Crippen molar-refractivity contribution in [3.63, 3.8) is 0 Å². The number of hydrogen-bond donors (Lipinski definition) is 1. The Morgan fingerprint density at radius 3 is 3.25 bits per heavy atom. The average molecular weight is 165 g/mol. The second-order valence-corrected chi connectivity index (χ2v) is 3.41. The predicted octanol–water partition coefficient (Wildman–Crippen LogP) is 1.96. The Hall–Kier alpha value is -0.760. The van der Waals surface area contributed by atoms with Crippen molar-refractivity contribution in [2.45, 2.75) is 31.7 Å². The van der Waals surface area contributed by atoms with Gasteiger partial charge in [-0.25, -0.2) is 0 Å². The molecule has 0 saturated carbocycles. The highest BCUT2D eigenvalue weighted by Gasteiger charge is 2.13. The summed E-state index contributed by atoms with van der Waals surface area (Å²) in [6.45, 7) is 1.20. The fourth-order valence-corrected chi connectivity index (χ4v) is 1.77. The maximum Gasteiger partial charge on any atom is 0.103 e. The molecule has 1 aromatic rings. The van der Waals surface area contributed by atoms with E-state index in [1.165, 1.54) is 25.8 Å². The van der Waals surface area contributed by atoms with Gasteiger partial charge in [0, 0.05) is 12.5 Å². The molecule has 66 valence electrons. The summed E-state index contributed by atoms with van der Waals surface area (Å²) in [5.41, 5.74) is 0. The van der Waals surface area contributed by atoms with Gasteiger partial charge in [0.2, 0.25) is 0 Å². The molecule has 2 heteroatoms. The van der Waals surface area contributed by atoms with Crippen LogP contribution in [0, 0.1) is 0 Å². The molecule has 0 aliphatic carbocycles. The molecule has 1 aliphatic heterocycles. The van der Waals surface area contributed by atoms with Crippen molar-refractivity contribution < 1.29 is 4.42 Å². The van der Waals surface area contributed by atoms with Gasteiger partial charge in [-0.2, -0.15) is 0 Å². The Labute approximate surface area is 73.0 Å². The lowest BCUT2D eigenvalue weighted by Crippen LogP contribution is -2.21. The van der Waals surface area contributed by atoms with Gasteiger partial charge in [0.25, 0.3) is 0 Å². The van der Waals surface area contributed by atoms with E-state index in [4.69, 9.17) is 4.42 Å². The molecule has 1 saturated heterocycles. The van der Waals surface area contributed by atoms with Gasteiger partial charge >= 0.3 is 0 Å². The molecule has 1 atom stereocenters. The minimum atomic E-state index is 0.732. The normalized spacial score (nSPS) is 23.2. The number of nitrogens with one attached hydrogen (secondary N) is 1. The van der Waals surface area contributed by atoms with Crippen molar-refractivity contribution in [2.24, 2.45) is 0 Å². The summed E-state index contributed by atoms with van der Waals surface area (Å²) in [5.74, 6) is 1.11. The zero-order chi connectivity index (χ0) is 8.23. The van der Waals surface area contributed by atoms with Crippen LogP contribution in [0.2, 0.25) is 0 Å². The Kier molecular flexibility index (Phi) is 2.47. The van der Waals surface area contributed by atoms with Crippen molar-refractivity contribution in [2.75, 3.05) is 6.54 Å². The summed E-state index contributed by atoms with van der Waals surface area (Å²) < 4.78 is 5.27. The highest BCUT2D eigenvalue weighted by Crippen LogP contribution is 2.12. The molecule has 2 rings (SSSR count). The lowest BCUT2D eigenvalue weighted by molar-refractivity contribution is 0.473. The van der Waals surface area contributed by atoms with Crippen LogP contribution in [0.5, 0.6) is 0 Å². The van der Waals surface area contributed by atoms with Gasteiger partial charge in [0.05, 0.1) is 6.26 Å². The average Bonchev–Trinajstić information content (AvgIpc) is 2.74. The highest BCUT2D eigenvalue weighted by atomic mass is 16.3. The first-order valence-electron chi connectivity index (χ1n) is 4.71. The lowest BCUT2D eigenvalue weighted by atomic mass is 10.1. The summed E-state index contributed by atoms with van der Waals surface area (Å²) in [5, 5.41) is 3.48. The monoisotopic (exact) mass is 165 g/mol. The number of hydrogen-bond acceptors (Lipinski definition) is 2. The van der Waals surface area contributed by atoms with E-state index in [9.17, 15) is 0 Å². The standard InChI is InChI=1S/C10H15NO/c1-3-9(11-7-1)5-6-10-4-2-8-12-10/h2,4,8-9,11H,1,3,5-7H2. The largest absolute Gasteiger partial charge is 0.469 e. The highest BCUT2D eigenvalue weighted by molar-refractivity contribution is 4.98. The Morgan fingerprint density at radius 1 is 1.58 bits per heavy atom. The van der Waals surface area contributed by atoms with Crippen LogP contribution in [0.3, 0.4) is 0 Å². The van der Waals surface area contributed by atoms with Crippen LogP contribution in [0.15, 0.2) is 22.8 Å². The Morgan fingerprint density at radius 2 is 2.58 bits per heavy atom. The topological polar surface area (TPSA) is 25.2 Å². The molecule has 1 N–H and O–H groups in total. The Balaban J connectivity index is 1.74. The molecule has 1 unspecified atom stereocenters. The molecular weight excluding hydrogens is 150 g/mol. The lowest BCUT2D eigenvalue weighted by Gasteiger charge is -2.07. The van der Waals surface area contributed by atoms with Gasteiger partial charge in [-0.15, -0.1) is 0 Å². The molecule has 0 radical (unpaired) electrons. The van der Waals surface area contributed by atoms with E-state index in [1.807, 2.05) is 6.07 Å². The number of rotatable bonds is 3. The summed E-state index contributed by atoms with van der Waals surface area (Å²) in [6.07, 6.45) is 6.71. The number of furan rings is 1. The fourth-order valence-electron chi connectivity index (χ4n) is 1.77. The maximum atomic E-state index is 5.27. The summed E-state index contributed by atoms with van der Waals surface area (Å²) in [7, 11) is 0.